The summed E-state index contributed by atoms with van der Waals surface area (Å²) in [6.45, 7) is 2.94. The van der Waals surface area contributed by atoms with E-state index in [1.165, 1.54) is 4.88 Å². The highest BCUT2D eigenvalue weighted by Gasteiger charge is 2.12. The van der Waals surface area contributed by atoms with Crippen molar-refractivity contribution in [3.8, 4) is 0 Å². The van der Waals surface area contributed by atoms with E-state index in [1.54, 1.807) is 30.3 Å². The number of aliphatic imine (C=N–C) groups is 1. The summed E-state index contributed by atoms with van der Waals surface area (Å²) in [5, 5.41) is 8.80. The average Bonchev–Trinajstić information content (AvgIpc) is 3.12. The zero-order chi connectivity index (χ0) is 18.9. The van der Waals surface area contributed by atoms with Gasteiger partial charge in [0.05, 0.1) is 6.04 Å². The maximum atomic E-state index is 11.9. The number of nitrogens with zero attached hydrogens (tertiary/aromatic N) is 2. The summed E-state index contributed by atoms with van der Waals surface area (Å²) < 4.78 is 1.04. The lowest BCUT2D eigenvalue weighted by Crippen LogP contribution is -2.40. The van der Waals surface area contributed by atoms with Crippen molar-refractivity contribution < 1.29 is 4.79 Å². The molecule has 0 saturated heterocycles. The van der Waals surface area contributed by atoms with Gasteiger partial charge in [0.25, 0.3) is 0 Å². The number of benzene rings is 1. The maximum absolute atomic E-state index is 11.9. The van der Waals surface area contributed by atoms with Gasteiger partial charge in [0.2, 0.25) is 5.91 Å². The van der Waals surface area contributed by atoms with Crippen molar-refractivity contribution in [2.45, 2.75) is 19.4 Å². The standard InChI is InChI=1S/C19H25BrN4OS/c1-14(16-8-4-5-9-17(16)20)23-19(22-13-18(25)24(2)3)21-11-10-15-7-6-12-26-15/h4-9,12,14H,10-11,13H2,1-3H3,(H2,21,22,23). The van der Waals surface area contributed by atoms with Crippen molar-refractivity contribution in [3.05, 3.63) is 56.7 Å². The normalized spacial score (nSPS) is 12.5. The molecule has 0 bridgehead atoms. The largest absolute Gasteiger partial charge is 0.356 e. The Labute approximate surface area is 167 Å². The number of halogens is 1. The third kappa shape index (κ3) is 6.46. The number of carbonyl (C=O) groups is 1. The lowest BCUT2D eigenvalue weighted by atomic mass is 10.1. The molecule has 2 N–H and O–H groups in total. The van der Waals surface area contributed by atoms with Crippen LogP contribution in [0.1, 0.15) is 23.4 Å². The molecule has 0 fully saturated rings. The van der Waals surface area contributed by atoms with Gasteiger partial charge in [0, 0.05) is 30.0 Å². The molecule has 0 aliphatic rings. The van der Waals surface area contributed by atoms with E-state index in [-0.39, 0.29) is 18.5 Å². The first-order valence-corrected chi connectivity index (χ1v) is 10.2. The van der Waals surface area contributed by atoms with Crippen LogP contribution in [0.15, 0.2) is 51.2 Å². The maximum Gasteiger partial charge on any atom is 0.243 e. The van der Waals surface area contributed by atoms with E-state index >= 15 is 0 Å². The van der Waals surface area contributed by atoms with Crippen LogP contribution < -0.4 is 10.6 Å². The van der Waals surface area contributed by atoms with Gasteiger partial charge >= 0.3 is 0 Å². The number of rotatable bonds is 7. The first-order valence-electron chi connectivity index (χ1n) is 8.49. The molecule has 0 aliphatic heterocycles. The van der Waals surface area contributed by atoms with E-state index in [4.69, 9.17) is 0 Å². The molecule has 0 aliphatic carbocycles. The Morgan fingerprint density at radius 1 is 1.27 bits per heavy atom. The molecule has 0 spiro atoms. The van der Waals surface area contributed by atoms with E-state index < -0.39 is 0 Å². The van der Waals surface area contributed by atoms with Gasteiger partial charge in [-0.1, -0.05) is 40.2 Å². The number of hydrogen-bond donors (Lipinski definition) is 2. The minimum absolute atomic E-state index is 0.0297. The number of thiophene rings is 1. The summed E-state index contributed by atoms with van der Waals surface area (Å²) in [7, 11) is 3.47. The van der Waals surface area contributed by atoms with Gasteiger partial charge in [-0.05, 0) is 36.4 Å². The Bertz CT molecular complexity index is 731. The first kappa shape index (κ1) is 20.5. The first-order chi connectivity index (χ1) is 12.5. The van der Waals surface area contributed by atoms with Crippen molar-refractivity contribution in [2.24, 2.45) is 4.99 Å². The van der Waals surface area contributed by atoms with Crippen LogP contribution in [0.25, 0.3) is 0 Å². The third-order valence-corrected chi connectivity index (χ3v) is 5.50. The van der Waals surface area contributed by atoms with Gasteiger partial charge < -0.3 is 15.5 Å². The molecule has 1 atom stereocenters. The van der Waals surface area contributed by atoms with E-state index in [0.29, 0.717) is 5.96 Å². The van der Waals surface area contributed by atoms with Crippen molar-refractivity contribution in [1.29, 1.82) is 0 Å². The summed E-state index contributed by atoms with van der Waals surface area (Å²) in [5.74, 6) is 0.609. The number of amides is 1. The van der Waals surface area contributed by atoms with E-state index in [2.05, 4.69) is 62.1 Å². The monoisotopic (exact) mass is 436 g/mol. The van der Waals surface area contributed by atoms with Gasteiger partial charge in [-0.25, -0.2) is 4.99 Å². The van der Waals surface area contributed by atoms with Crippen LogP contribution in [0.3, 0.4) is 0 Å². The molecular weight excluding hydrogens is 412 g/mol. The fourth-order valence-corrected chi connectivity index (χ4v) is 3.65. The van der Waals surface area contributed by atoms with Crippen molar-refractivity contribution in [2.75, 3.05) is 27.2 Å². The van der Waals surface area contributed by atoms with Gasteiger partial charge in [-0.15, -0.1) is 11.3 Å². The molecule has 0 saturated carbocycles. The van der Waals surface area contributed by atoms with Crippen LogP contribution in [-0.2, 0) is 11.2 Å². The zero-order valence-electron chi connectivity index (χ0n) is 15.3. The van der Waals surface area contributed by atoms with Crippen LogP contribution in [0.4, 0.5) is 0 Å². The highest BCUT2D eigenvalue weighted by atomic mass is 79.9. The summed E-state index contributed by atoms with van der Waals surface area (Å²) >= 11 is 5.33. The molecular formula is C19H25BrN4OS. The van der Waals surface area contributed by atoms with Crippen molar-refractivity contribution in [1.82, 2.24) is 15.5 Å². The predicted molar refractivity (Wildman–Crippen MR) is 113 cm³/mol. The van der Waals surface area contributed by atoms with E-state index in [9.17, 15) is 4.79 Å². The highest BCUT2D eigenvalue weighted by molar-refractivity contribution is 9.10. The Morgan fingerprint density at radius 2 is 2.04 bits per heavy atom. The van der Waals surface area contributed by atoms with E-state index in [0.717, 1.165) is 23.0 Å². The third-order valence-electron chi connectivity index (χ3n) is 3.84. The molecule has 0 radical (unpaired) electrons. The lowest BCUT2D eigenvalue weighted by molar-refractivity contribution is -0.127. The summed E-state index contributed by atoms with van der Waals surface area (Å²) in [5.41, 5.74) is 1.14. The smallest absolute Gasteiger partial charge is 0.243 e. The second-order valence-corrected chi connectivity index (χ2v) is 7.98. The van der Waals surface area contributed by atoms with Crippen LogP contribution in [0.2, 0.25) is 0 Å². The quantitative estimate of drug-likeness (QED) is 0.516. The Morgan fingerprint density at radius 3 is 2.69 bits per heavy atom. The van der Waals surface area contributed by atoms with Crippen LogP contribution in [0.5, 0.6) is 0 Å². The highest BCUT2D eigenvalue weighted by Crippen LogP contribution is 2.22. The molecule has 2 aromatic rings. The predicted octanol–water partition coefficient (Wildman–Crippen LogP) is 3.44. The molecule has 1 aromatic heterocycles. The van der Waals surface area contributed by atoms with Gasteiger partial charge in [-0.2, -0.15) is 0 Å². The van der Waals surface area contributed by atoms with Crippen LogP contribution >= 0.6 is 27.3 Å². The second kappa shape index (κ2) is 10.3. The Balaban J connectivity index is 2.02. The van der Waals surface area contributed by atoms with Crippen LogP contribution in [0, 0.1) is 0 Å². The molecule has 1 unspecified atom stereocenters. The zero-order valence-corrected chi connectivity index (χ0v) is 17.7. The topological polar surface area (TPSA) is 56.7 Å². The number of guanidine groups is 1. The molecule has 1 aromatic carbocycles. The fraction of sp³-hybridized carbons (Fsp3) is 0.368. The number of nitrogens with one attached hydrogen (secondary N) is 2. The summed E-state index contributed by atoms with van der Waals surface area (Å²) in [6.07, 6.45) is 0.920. The number of hydrogen-bond acceptors (Lipinski definition) is 3. The average molecular weight is 437 g/mol. The van der Waals surface area contributed by atoms with Gasteiger partial charge in [0.15, 0.2) is 5.96 Å². The Kier molecular flexibility index (Phi) is 8.12. The van der Waals surface area contributed by atoms with Crippen molar-refractivity contribution in [3.63, 3.8) is 0 Å². The van der Waals surface area contributed by atoms with Gasteiger partial charge in [0.1, 0.15) is 6.54 Å². The van der Waals surface area contributed by atoms with Crippen LogP contribution in [-0.4, -0.2) is 44.0 Å². The summed E-state index contributed by atoms with van der Waals surface area (Å²) in [6, 6.07) is 12.3. The summed E-state index contributed by atoms with van der Waals surface area (Å²) in [4.78, 5) is 19.2. The second-order valence-electron chi connectivity index (χ2n) is 6.10. The van der Waals surface area contributed by atoms with Crippen molar-refractivity contribution >= 4 is 39.1 Å². The molecule has 2 rings (SSSR count). The lowest BCUT2D eigenvalue weighted by Gasteiger charge is -2.20. The molecule has 26 heavy (non-hydrogen) atoms. The van der Waals surface area contributed by atoms with Gasteiger partial charge in [-0.3, -0.25) is 4.79 Å². The SMILES string of the molecule is CC(NC(=NCC(=O)N(C)C)NCCc1cccs1)c1ccccc1Br. The molecule has 5 nitrogen and oxygen atoms in total. The number of carbonyl (C=O) groups excluding carboxylic acids is 1. The molecule has 1 amide bonds. The Hall–Kier alpha value is -1.86. The minimum atomic E-state index is -0.0297. The fourth-order valence-electron chi connectivity index (χ4n) is 2.31. The minimum Gasteiger partial charge on any atom is -0.356 e. The molecule has 7 heteroatoms. The number of likely N-dealkylation sites (N-methyl/N-ethyl adjacent to an activating group) is 1. The molecule has 1 heterocycles. The van der Waals surface area contributed by atoms with E-state index in [1.807, 2.05) is 18.2 Å². The molecule has 140 valence electrons.